The third-order valence-corrected chi connectivity index (χ3v) is 3.57. The molecule has 0 aromatic heterocycles. The lowest BCUT2D eigenvalue weighted by Crippen LogP contribution is -2.43. The molecule has 0 saturated carbocycles. The molecule has 2 atom stereocenters. The van der Waals surface area contributed by atoms with Crippen LogP contribution in [0.5, 0.6) is 0 Å². The third kappa shape index (κ3) is 1.64. The van der Waals surface area contributed by atoms with E-state index in [1.165, 1.54) is 6.92 Å². The Labute approximate surface area is 77.8 Å². The van der Waals surface area contributed by atoms with Crippen molar-refractivity contribution >= 4 is 22.6 Å². The molecule has 13 heavy (non-hydrogen) atoms. The van der Waals surface area contributed by atoms with E-state index in [1.807, 2.05) is 0 Å². The topological polar surface area (TPSA) is 69.7 Å². The van der Waals surface area contributed by atoms with Gasteiger partial charge in [-0.15, -0.1) is 0 Å². The monoisotopic (exact) mass is 206 g/mol. The van der Waals surface area contributed by atoms with Crippen molar-refractivity contribution in [2.45, 2.75) is 11.9 Å². The van der Waals surface area contributed by atoms with Gasteiger partial charge in [0.1, 0.15) is 0 Å². The molecule has 0 aromatic rings. The molecule has 0 aliphatic carbocycles. The van der Waals surface area contributed by atoms with E-state index in [0.29, 0.717) is 0 Å². The molecule has 5 nitrogen and oxygen atoms in total. The van der Waals surface area contributed by atoms with E-state index in [-0.39, 0.29) is 12.4 Å². The SMILES string of the molecule is COC(=O)C(=O)[C@@]1(C)OCCS1=O. The molecule has 6 heteroatoms. The number of Topliss-reactive ketones (excluding diaryl/α,β-unsaturated/α-hetero) is 1. The Bertz CT molecular complexity index is 274. The lowest BCUT2D eigenvalue weighted by Gasteiger charge is -2.17. The van der Waals surface area contributed by atoms with Crippen LogP contribution in [0.3, 0.4) is 0 Å². The average Bonchev–Trinajstić information content (AvgIpc) is 2.46. The number of hydrogen-bond acceptors (Lipinski definition) is 5. The Hall–Kier alpha value is -0.750. The fraction of sp³-hybridized carbons (Fsp3) is 0.714. The van der Waals surface area contributed by atoms with Crippen LogP contribution in [-0.4, -0.2) is 40.4 Å². The van der Waals surface area contributed by atoms with Crippen molar-refractivity contribution in [3.05, 3.63) is 0 Å². The number of esters is 1. The molecule has 0 radical (unpaired) electrons. The van der Waals surface area contributed by atoms with Crippen molar-refractivity contribution in [2.24, 2.45) is 0 Å². The van der Waals surface area contributed by atoms with Gasteiger partial charge in [-0.3, -0.25) is 9.00 Å². The molecule has 0 spiro atoms. The van der Waals surface area contributed by atoms with E-state index >= 15 is 0 Å². The zero-order valence-corrected chi connectivity index (χ0v) is 8.18. The maximum absolute atomic E-state index is 11.3. The maximum Gasteiger partial charge on any atom is 0.378 e. The van der Waals surface area contributed by atoms with Gasteiger partial charge in [-0.05, 0) is 6.92 Å². The molecule has 1 aliphatic rings. The zero-order valence-electron chi connectivity index (χ0n) is 7.36. The standard InChI is InChI=1S/C7H10O5S/c1-7(5(8)6(9)11-2)12-3-4-13(7)10/h3-4H2,1-2H3/t7-,13?/m0/s1. The molecule has 1 saturated heterocycles. The van der Waals surface area contributed by atoms with E-state index in [2.05, 4.69) is 4.74 Å². The van der Waals surface area contributed by atoms with Crippen molar-refractivity contribution in [1.29, 1.82) is 0 Å². The summed E-state index contributed by atoms with van der Waals surface area (Å²) in [5, 5.41) is 0. The summed E-state index contributed by atoms with van der Waals surface area (Å²) in [4.78, 5) is 20.7. The van der Waals surface area contributed by atoms with Crippen molar-refractivity contribution in [3.63, 3.8) is 0 Å². The number of ketones is 1. The summed E-state index contributed by atoms with van der Waals surface area (Å²) in [6, 6.07) is 0. The first-order valence-corrected chi connectivity index (χ1v) is 4.99. The summed E-state index contributed by atoms with van der Waals surface area (Å²) >= 11 is 0. The highest BCUT2D eigenvalue weighted by Gasteiger charge is 2.48. The van der Waals surface area contributed by atoms with E-state index in [9.17, 15) is 13.8 Å². The minimum Gasteiger partial charge on any atom is -0.463 e. The van der Waals surface area contributed by atoms with Gasteiger partial charge in [-0.2, -0.15) is 0 Å². The van der Waals surface area contributed by atoms with Crippen molar-refractivity contribution in [2.75, 3.05) is 19.5 Å². The fourth-order valence-corrected chi connectivity index (χ4v) is 2.15. The quantitative estimate of drug-likeness (QED) is 0.438. The van der Waals surface area contributed by atoms with Crippen LogP contribution in [0.25, 0.3) is 0 Å². The highest BCUT2D eigenvalue weighted by Crippen LogP contribution is 2.23. The van der Waals surface area contributed by atoms with E-state index < -0.39 is 27.5 Å². The van der Waals surface area contributed by atoms with Crippen LogP contribution < -0.4 is 0 Å². The van der Waals surface area contributed by atoms with Crippen LogP contribution in [0, 0.1) is 0 Å². The van der Waals surface area contributed by atoms with Crippen LogP contribution in [0.4, 0.5) is 0 Å². The Morgan fingerprint density at radius 1 is 1.54 bits per heavy atom. The molecule has 1 unspecified atom stereocenters. The summed E-state index contributed by atoms with van der Waals surface area (Å²) in [5.74, 6) is -1.62. The van der Waals surface area contributed by atoms with Crippen LogP contribution in [-0.2, 0) is 29.9 Å². The van der Waals surface area contributed by atoms with Gasteiger partial charge >= 0.3 is 5.97 Å². The summed E-state index contributed by atoms with van der Waals surface area (Å²) in [7, 11) is -0.352. The number of ether oxygens (including phenoxy) is 2. The first-order valence-electron chi connectivity index (χ1n) is 3.67. The van der Waals surface area contributed by atoms with Gasteiger partial charge in [-0.1, -0.05) is 0 Å². The fourth-order valence-electron chi connectivity index (χ4n) is 1.02. The Morgan fingerprint density at radius 3 is 2.54 bits per heavy atom. The van der Waals surface area contributed by atoms with Crippen LogP contribution in [0.1, 0.15) is 6.92 Å². The summed E-state index contributed by atoms with van der Waals surface area (Å²) in [6.45, 7) is 1.57. The lowest BCUT2D eigenvalue weighted by atomic mass is 10.2. The largest absolute Gasteiger partial charge is 0.463 e. The second kappa shape index (κ2) is 3.55. The van der Waals surface area contributed by atoms with Crippen LogP contribution in [0.15, 0.2) is 0 Å². The van der Waals surface area contributed by atoms with Gasteiger partial charge in [0, 0.05) is 0 Å². The minimum atomic E-state index is -1.51. The van der Waals surface area contributed by atoms with Gasteiger partial charge in [0.15, 0.2) is 0 Å². The van der Waals surface area contributed by atoms with Gasteiger partial charge in [0.2, 0.25) is 4.93 Å². The van der Waals surface area contributed by atoms with E-state index in [4.69, 9.17) is 4.74 Å². The second-order valence-electron chi connectivity index (χ2n) is 2.66. The summed E-state index contributed by atoms with van der Waals surface area (Å²) < 4.78 is 20.5. The predicted octanol–water partition coefficient (Wildman–Crippen LogP) is -0.776. The van der Waals surface area contributed by atoms with E-state index in [0.717, 1.165) is 7.11 Å². The van der Waals surface area contributed by atoms with Gasteiger partial charge in [0.25, 0.3) is 5.78 Å². The number of hydrogen-bond donors (Lipinski definition) is 0. The highest BCUT2D eigenvalue weighted by atomic mass is 32.2. The zero-order chi connectivity index (χ0) is 10.1. The summed E-state index contributed by atoms with van der Waals surface area (Å²) in [5.41, 5.74) is 0. The molecule has 1 aliphatic heterocycles. The Balaban J connectivity index is 2.86. The molecule has 1 rings (SSSR count). The molecule has 1 heterocycles. The number of rotatable bonds is 2. The molecular formula is C7H10O5S. The third-order valence-electron chi connectivity index (χ3n) is 1.86. The average molecular weight is 206 g/mol. The van der Waals surface area contributed by atoms with Crippen molar-refractivity contribution < 1.29 is 23.3 Å². The van der Waals surface area contributed by atoms with Crippen LogP contribution in [0.2, 0.25) is 0 Å². The summed E-state index contributed by atoms with van der Waals surface area (Å²) in [6.07, 6.45) is 0. The Kier molecular flexibility index (Phi) is 2.82. The number of carbonyl (C=O) groups excluding carboxylic acids is 2. The first-order chi connectivity index (χ1) is 6.02. The van der Waals surface area contributed by atoms with Gasteiger partial charge in [-0.25, -0.2) is 4.79 Å². The molecule has 1 fully saturated rings. The Morgan fingerprint density at radius 2 is 2.15 bits per heavy atom. The first kappa shape index (κ1) is 10.3. The van der Waals surface area contributed by atoms with E-state index in [1.54, 1.807) is 0 Å². The van der Waals surface area contributed by atoms with Gasteiger partial charge < -0.3 is 9.47 Å². The lowest BCUT2D eigenvalue weighted by molar-refractivity contribution is -0.157. The molecule has 0 aromatic carbocycles. The van der Waals surface area contributed by atoms with Crippen LogP contribution >= 0.6 is 0 Å². The molecule has 74 valence electrons. The normalized spacial score (nSPS) is 32.9. The van der Waals surface area contributed by atoms with Crippen molar-refractivity contribution in [3.8, 4) is 0 Å². The molecule has 0 N–H and O–H groups in total. The smallest absolute Gasteiger partial charge is 0.378 e. The number of methoxy groups -OCH3 is 1. The predicted molar refractivity (Wildman–Crippen MR) is 44.4 cm³/mol. The van der Waals surface area contributed by atoms with Crippen molar-refractivity contribution in [1.82, 2.24) is 0 Å². The minimum absolute atomic E-state index is 0.228. The number of carbonyl (C=O) groups is 2. The van der Waals surface area contributed by atoms with Gasteiger partial charge in [0.05, 0.1) is 30.3 Å². The second-order valence-corrected chi connectivity index (χ2v) is 4.54. The molecule has 0 bridgehead atoms. The molecular weight excluding hydrogens is 196 g/mol. The maximum atomic E-state index is 11.3. The highest BCUT2D eigenvalue weighted by molar-refractivity contribution is 7.87. The molecule has 0 amide bonds.